The number of hydrogen-bond donors (Lipinski definition) is 0. The van der Waals surface area contributed by atoms with Crippen LogP contribution in [-0.4, -0.2) is 6.61 Å². The molecule has 1 aromatic rings. The minimum absolute atomic E-state index is 0.200. The summed E-state index contributed by atoms with van der Waals surface area (Å²) in [5.41, 5.74) is 0. The second-order valence-corrected chi connectivity index (χ2v) is 4.51. The van der Waals surface area contributed by atoms with Crippen LogP contribution in [0, 0.1) is 23.4 Å². The molecule has 1 saturated carbocycles. The van der Waals surface area contributed by atoms with Crippen molar-refractivity contribution in [3.63, 3.8) is 0 Å². The highest BCUT2D eigenvalue weighted by molar-refractivity contribution is 5.25. The van der Waals surface area contributed by atoms with Crippen molar-refractivity contribution in [2.75, 3.05) is 6.61 Å². The van der Waals surface area contributed by atoms with Crippen LogP contribution in [0.15, 0.2) is 12.1 Å². The highest BCUT2D eigenvalue weighted by atomic mass is 19.2. The minimum atomic E-state index is -1.19. The molecular formula is C13H15F3O. The third-order valence-electron chi connectivity index (χ3n) is 3.17. The van der Waals surface area contributed by atoms with Crippen molar-refractivity contribution in [1.29, 1.82) is 0 Å². The van der Waals surface area contributed by atoms with Crippen LogP contribution in [-0.2, 0) is 0 Å². The van der Waals surface area contributed by atoms with Crippen molar-refractivity contribution in [1.82, 2.24) is 0 Å². The molecule has 1 aliphatic carbocycles. The van der Waals surface area contributed by atoms with Crippen molar-refractivity contribution in [3.05, 3.63) is 29.6 Å². The van der Waals surface area contributed by atoms with Gasteiger partial charge < -0.3 is 4.74 Å². The lowest BCUT2D eigenvalue weighted by molar-refractivity contribution is 0.201. The van der Waals surface area contributed by atoms with E-state index in [2.05, 4.69) is 0 Å². The highest BCUT2D eigenvalue weighted by Crippen LogP contribution is 2.26. The fourth-order valence-electron chi connectivity index (χ4n) is 2.18. The van der Waals surface area contributed by atoms with Crippen molar-refractivity contribution in [3.8, 4) is 5.75 Å². The third kappa shape index (κ3) is 3.14. The standard InChI is InChI=1S/C13H15F3O/c14-10-6-12(16)13(7-11(10)15)17-8-9-4-2-1-3-5-9/h6-7,9H,1-5,8H2. The van der Waals surface area contributed by atoms with E-state index in [9.17, 15) is 13.2 Å². The summed E-state index contributed by atoms with van der Waals surface area (Å²) < 4.78 is 44.1. The molecule has 0 bridgehead atoms. The molecule has 0 aliphatic heterocycles. The van der Waals surface area contributed by atoms with Gasteiger partial charge in [-0.15, -0.1) is 0 Å². The first-order valence-corrected chi connectivity index (χ1v) is 5.94. The Balaban J connectivity index is 1.96. The van der Waals surface area contributed by atoms with Crippen LogP contribution in [0.4, 0.5) is 13.2 Å². The predicted octanol–water partition coefficient (Wildman–Crippen LogP) is 4.06. The molecule has 0 unspecified atom stereocenters. The van der Waals surface area contributed by atoms with Crippen LogP contribution in [0.25, 0.3) is 0 Å². The Morgan fingerprint density at radius 3 is 2.29 bits per heavy atom. The molecule has 0 saturated heterocycles. The molecule has 2 rings (SSSR count). The maximum Gasteiger partial charge on any atom is 0.168 e. The lowest BCUT2D eigenvalue weighted by Gasteiger charge is -2.21. The molecule has 1 fully saturated rings. The number of halogens is 3. The van der Waals surface area contributed by atoms with Crippen molar-refractivity contribution < 1.29 is 17.9 Å². The SMILES string of the molecule is Fc1cc(F)c(OCC2CCCCC2)cc1F. The van der Waals surface area contributed by atoms with Crippen LogP contribution in [0.1, 0.15) is 32.1 Å². The van der Waals surface area contributed by atoms with Gasteiger partial charge >= 0.3 is 0 Å². The average molecular weight is 244 g/mol. The molecule has 1 aliphatic rings. The molecule has 1 aromatic carbocycles. The van der Waals surface area contributed by atoms with Crippen molar-refractivity contribution >= 4 is 0 Å². The molecule has 0 aromatic heterocycles. The summed E-state index contributed by atoms with van der Waals surface area (Å²) in [7, 11) is 0. The van der Waals surface area contributed by atoms with Crippen LogP contribution < -0.4 is 4.74 Å². The first-order chi connectivity index (χ1) is 8.16. The number of rotatable bonds is 3. The zero-order chi connectivity index (χ0) is 12.3. The van der Waals surface area contributed by atoms with E-state index in [-0.39, 0.29) is 5.75 Å². The lowest BCUT2D eigenvalue weighted by Crippen LogP contribution is -2.15. The van der Waals surface area contributed by atoms with Gasteiger partial charge in [0.1, 0.15) is 0 Å². The van der Waals surface area contributed by atoms with E-state index in [1.54, 1.807) is 0 Å². The molecule has 0 radical (unpaired) electrons. The van der Waals surface area contributed by atoms with Crippen LogP contribution in [0.5, 0.6) is 5.75 Å². The van der Waals surface area contributed by atoms with Crippen LogP contribution in [0.2, 0.25) is 0 Å². The topological polar surface area (TPSA) is 9.23 Å². The van der Waals surface area contributed by atoms with Crippen molar-refractivity contribution in [2.24, 2.45) is 5.92 Å². The van der Waals surface area contributed by atoms with Gasteiger partial charge in [0.15, 0.2) is 23.2 Å². The molecule has 0 N–H and O–H groups in total. The molecular weight excluding hydrogens is 229 g/mol. The van der Waals surface area contributed by atoms with E-state index < -0.39 is 17.5 Å². The van der Waals surface area contributed by atoms with E-state index in [4.69, 9.17) is 4.74 Å². The largest absolute Gasteiger partial charge is 0.490 e. The summed E-state index contributed by atoms with van der Waals surface area (Å²) in [6, 6.07) is 1.29. The first-order valence-electron chi connectivity index (χ1n) is 5.94. The quantitative estimate of drug-likeness (QED) is 0.728. The zero-order valence-electron chi connectivity index (χ0n) is 9.52. The van der Waals surface area contributed by atoms with E-state index in [0.29, 0.717) is 18.6 Å². The smallest absolute Gasteiger partial charge is 0.168 e. The predicted molar refractivity (Wildman–Crippen MR) is 58.4 cm³/mol. The molecule has 4 heteroatoms. The fourth-order valence-corrected chi connectivity index (χ4v) is 2.18. The fraction of sp³-hybridized carbons (Fsp3) is 0.538. The monoisotopic (exact) mass is 244 g/mol. The summed E-state index contributed by atoms with van der Waals surface area (Å²) >= 11 is 0. The van der Waals surface area contributed by atoms with Crippen molar-refractivity contribution in [2.45, 2.75) is 32.1 Å². The number of hydrogen-bond acceptors (Lipinski definition) is 1. The summed E-state index contributed by atoms with van der Waals surface area (Å²) in [5, 5.41) is 0. The highest BCUT2D eigenvalue weighted by Gasteiger charge is 2.16. The maximum atomic E-state index is 13.3. The second kappa shape index (κ2) is 5.43. The number of benzene rings is 1. The van der Waals surface area contributed by atoms with E-state index in [0.717, 1.165) is 31.7 Å². The van der Waals surface area contributed by atoms with Crippen LogP contribution in [0.3, 0.4) is 0 Å². The van der Waals surface area contributed by atoms with Gasteiger partial charge in [-0.1, -0.05) is 19.3 Å². The molecule has 0 amide bonds. The zero-order valence-corrected chi connectivity index (χ0v) is 9.52. The summed E-state index contributed by atoms with van der Waals surface area (Å²) in [5.74, 6) is -2.91. The van der Waals surface area contributed by atoms with Gasteiger partial charge in [0.2, 0.25) is 0 Å². The molecule has 1 nitrogen and oxygen atoms in total. The Bertz CT molecular complexity index is 386. The van der Waals surface area contributed by atoms with Gasteiger partial charge in [0.05, 0.1) is 6.61 Å². The van der Waals surface area contributed by atoms with Gasteiger partial charge in [0, 0.05) is 12.1 Å². The Kier molecular flexibility index (Phi) is 3.92. The van der Waals surface area contributed by atoms with Gasteiger partial charge in [0.25, 0.3) is 0 Å². The molecule has 17 heavy (non-hydrogen) atoms. The normalized spacial score (nSPS) is 17.1. The summed E-state index contributed by atoms with van der Waals surface area (Å²) in [6.45, 7) is 0.377. The average Bonchev–Trinajstić information content (AvgIpc) is 2.33. The van der Waals surface area contributed by atoms with E-state index in [1.807, 2.05) is 0 Å². The minimum Gasteiger partial charge on any atom is -0.490 e. The Labute approximate surface area is 98.6 Å². The molecule has 0 atom stereocenters. The Morgan fingerprint density at radius 2 is 1.59 bits per heavy atom. The van der Waals surface area contributed by atoms with Gasteiger partial charge in [-0.05, 0) is 18.8 Å². The first kappa shape index (κ1) is 12.3. The summed E-state index contributed by atoms with van der Waals surface area (Å²) in [4.78, 5) is 0. The van der Waals surface area contributed by atoms with E-state index in [1.165, 1.54) is 6.42 Å². The summed E-state index contributed by atoms with van der Waals surface area (Å²) in [6.07, 6.45) is 5.68. The number of ether oxygens (including phenoxy) is 1. The third-order valence-corrected chi connectivity index (χ3v) is 3.17. The van der Waals surface area contributed by atoms with Crippen LogP contribution >= 0.6 is 0 Å². The van der Waals surface area contributed by atoms with E-state index >= 15 is 0 Å². The Hall–Kier alpha value is -1.19. The Morgan fingerprint density at radius 1 is 0.941 bits per heavy atom. The maximum absolute atomic E-state index is 13.3. The molecule has 0 heterocycles. The van der Waals surface area contributed by atoms with Gasteiger partial charge in [-0.25, -0.2) is 13.2 Å². The van der Waals surface area contributed by atoms with Gasteiger partial charge in [-0.3, -0.25) is 0 Å². The molecule has 94 valence electrons. The van der Waals surface area contributed by atoms with Gasteiger partial charge in [-0.2, -0.15) is 0 Å². The molecule has 0 spiro atoms. The lowest BCUT2D eigenvalue weighted by atomic mass is 9.90. The second-order valence-electron chi connectivity index (χ2n) is 4.51.